The van der Waals surface area contributed by atoms with Gasteiger partial charge in [0.05, 0.1) is 12.6 Å². The molecule has 4 N–H and O–H groups in total. The highest BCUT2D eigenvalue weighted by atomic mass is 32.1. The van der Waals surface area contributed by atoms with E-state index in [1.807, 2.05) is 12.1 Å². The topological polar surface area (TPSA) is 64.5 Å². The maximum atomic E-state index is 9.56. The monoisotopic (exact) mass is 320 g/mol. The molecule has 4 nitrogen and oxygen atoms in total. The highest BCUT2D eigenvalue weighted by molar-refractivity contribution is 7.80. The Morgan fingerprint density at radius 1 is 1.23 bits per heavy atom. The van der Waals surface area contributed by atoms with Crippen molar-refractivity contribution in [3.8, 4) is 5.75 Å². The van der Waals surface area contributed by atoms with Gasteiger partial charge in [-0.15, -0.1) is 0 Å². The average molecular weight is 320 g/mol. The Balaban J connectivity index is 1.49. The molecule has 22 heavy (non-hydrogen) atoms. The van der Waals surface area contributed by atoms with Crippen molar-refractivity contribution in [1.29, 1.82) is 0 Å². The molecule has 0 spiro atoms. The predicted molar refractivity (Wildman–Crippen MR) is 90.8 cm³/mol. The molecule has 2 aliphatic carbocycles. The van der Waals surface area contributed by atoms with Crippen LogP contribution in [0.1, 0.15) is 31.2 Å². The molecule has 2 bridgehead atoms. The van der Waals surface area contributed by atoms with Crippen molar-refractivity contribution < 1.29 is 10.2 Å². The summed E-state index contributed by atoms with van der Waals surface area (Å²) in [6, 6.07) is 7.46. The summed E-state index contributed by atoms with van der Waals surface area (Å²) in [5.41, 5.74) is 1.06. The van der Waals surface area contributed by atoms with Gasteiger partial charge in [0.25, 0.3) is 0 Å². The van der Waals surface area contributed by atoms with E-state index in [0.29, 0.717) is 17.6 Å². The molecule has 0 saturated heterocycles. The summed E-state index contributed by atoms with van der Waals surface area (Å²) in [4.78, 5) is 0. The van der Waals surface area contributed by atoms with Crippen LogP contribution in [-0.2, 0) is 6.42 Å². The number of phenols is 1. The van der Waals surface area contributed by atoms with Crippen LogP contribution < -0.4 is 10.6 Å². The molecule has 2 fully saturated rings. The molecule has 0 aliphatic heterocycles. The van der Waals surface area contributed by atoms with E-state index in [-0.39, 0.29) is 18.4 Å². The summed E-state index contributed by atoms with van der Waals surface area (Å²) < 4.78 is 0. The van der Waals surface area contributed by atoms with E-state index in [9.17, 15) is 10.2 Å². The molecule has 0 aromatic heterocycles. The molecule has 0 radical (unpaired) electrons. The molecule has 3 rings (SSSR count). The number of hydrogen-bond acceptors (Lipinski definition) is 3. The lowest BCUT2D eigenvalue weighted by molar-refractivity contribution is 0.254. The second kappa shape index (κ2) is 6.84. The highest BCUT2D eigenvalue weighted by Crippen LogP contribution is 2.44. The Morgan fingerprint density at radius 3 is 2.59 bits per heavy atom. The van der Waals surface area contributed by atoms with Crippen LogP contribution in [0.2, 0.25) is 0 Å². The SMILES string of the molecule is OC[C@@H](Cc1ccc(O)cc1)NC(=S)N[C@@H]1C[C@H]2CC[C@H]1C2. The van der Waals surface area contributed by atoms with Gasteiger partial charge in [0, 0.05) is 6.04 Å². The van der Waals surface area contributed by atoms with E-state index in [0.717, 1.165) is 17.4 Å². The van der Waals surface area contributed by atoms with Crippen molar-refractivity contribution in [3.05, 3.63) is 29.8 Å². The molecule has 0 heterocycles. The van der Waals surface area contributed by atoms with Crippen LogP contribution in [-0.4, -0.2) is 34.0 Å². The minimum atomic E-state index is -0.108. The Morgan fingerprint density at radius 2 is 2.00 bits per heavy atom. The smallest absolute Gasteiger partial charge is 0.166 e. The number of aromatic hydroxyl groups is 1. The Hall–Kier alpha value is -1.33. The standard InChI is InChI=1S/C17H24N2O2S/c20-10-14(8-11-2-5-15(21)6-3-11)18-17(22)19-16-9-12-1-4-13(16)7-12/h2-3,5-6,12-14,16,20-21H,1,4,7-10H2,(H2,18,19,22)/t12-,13-,14+,16+/m0/s1. The normalized spacial score (nSPS) is 27.6. The average Bonchev–Trinajstić information content (AvgIpc) is 3.11. The van der Waals surface area contributed by atoms with E-state index >= 15 is 0 Å². The van der Waals surface area contributed by atoms with Gasteiger partial charge in [0.2, 0.25) is 0 Å². The van der Waals surface area contributed by atoms with Crippen molar-refractivity contribution in [3.63, 3.8) is 0 Å². The first-order valence-electron chi connectivity index (χ1n) is 8.10. The third-order valence-electron chi connectivity index (χ3n) is 5.03. The fourth-order valence-corrected chi connectivity index (χ4v) is 4.21. The lowest BCUT2D eigenvalue weighted by atomic mass is 9.95. The first kappa shape index (κ1) is 15.6. The molecule has 2 saturated carbocycles. The van der Waals surface area contributed by atoms with Gasteiger partial charge in [0.15, 0.2) is 5.11 Å². The van der Waals surface area contributed by atoms with Crippen LogP contribution in [0.3, 0.4) is 0 Å². The van der Waals surface area contributed by atoms with Gasteiger partial charge in [-0.2, -0.15) is 0 Å². The minimum Gasteiger partial charge on any atom is -0.508 e. The highest BCUT2D eigenvalue weighted by Gasteiger charge is 2.39. The summed E-state index contributed by atoms with van der Waals surface area (Å²) in [6.07, 6.45) is 5.95. The first-order chi connectivity index (χ1) is 10.6. The molecule has 2 aliphatic rings. The number of nitrogens with one attached hydrogen (secondary N) is 2. The molecular weight excluding hydrogens is 296 g/mol. The van der Waals surface area contributed by atoms with Crippen LogP contribution >= 0.6 is 12.2 Å². The summed E-state index contributed by atoms with van der Waals surface area (Å²) >= 11 is 5.41. The Bertz CT molecular complexity index is 520. The molecule has 4 atom stereocenters. The lowest BCUT2D eigenvalue weighted by Gasteiger charge is -2.26. The summed E-state index contributed by atoms with van der Waals surface area (Å²) in [7, 11) is 0. The number of thiocarbonyl (C=S) groups is 1. The zero-order chi connectivity index (χ0) is 15.5. The van der Waals surface area contributed by atoms with Crippen molar-refractivity contribution in [1.82, 2.24) is 10.6 Å². The second-order valence-electron chi connectivity index (χ2n) is 6.65. The van der Waals surface area contributed by atoms with Crippen LogP contribution in [0.5, 0.6) is 5.75 Å². The third-order valence-corrected chi connectivity index (χ3v) is 5.26. The molecule has 1 aromatic carbocycles. The van der Waals surface area contributed by atoms with E-state index in [4.69, 9.17) is 12.2 Å². The largest absolute Gasteiger partial charge is 0.508 e. The van der Waals surface area contributed by atoms with Gasteiger partial charge in [-0.3, -0.25) is 0 Å². The van der Waals surface area contributed by atoms with Crippen molar-refractivity contribution in [2.75, 3.05) is 6.61 Å². The van der Waals surface area contributed by atoms with E-state index in [1.54, 1.807) is 12.1 Å². The summed E-state index contributed by atoms with van der Waals surface area (Å²) in [6.45, 7) is 0.0272. The van der Waals surface area contributed by atoms with Crippen LogP contribution in [0.15, 0.2) is 24.3 Å². The number of aliphatic hydroxyl groups is 1. The second-order valence-corrected chi connectivity index (χ2v) is 7.06. The number of rotatable bonds is 5. The molecule has 0 unspecified atom stereocenters. The lowest BCUT2D eigenvalue weighted by Crippen LogP contribution is -2.49. The molecule has 5 heteroatoms. The predicted octanol–water partition coefficient (Wildman–Crippen LogP) is 1.95. The number of aliphatic hydroxyl groups excluding tert-OH is 1. The zero-order valence-corrected chi connectivity index (χ0v) is 13.5. The fraction of sp³-hybridized carbons (Fsp3) is 0.588. The third kappa shape index (κ3) is 3.70. The number of fused-ring (bicyclic) bond motifs is 2. The Labute approximate surface area is 136 Å². The minimum absolute atomic E-state index is 0.0272. The maximum absolute atomic E-state index is 9.56. The van der Waals surface area contributed by atoms with Gasteiger partial charge >= 0.3 is 0 Å². The van der Waals surface area contributed by atoms with Crippen molar-refractivity contribution >= 4 is 17.3 Å². The molecular formula is C17H24N2O2S. The van der Waals surface area contributed by atoms with Gasteiger partial charge in [-0.25, -0.2) is 0 Å². The van der Waals surface area contributed by atoms with Gasteiger partial charge in [-0.1, -0.05) is 18.6 Å². The molecule has 0 amide bonds. The first-order valence-corrected chi connectivity index (χ1v) is 8.50. The van der Waals surface area contributed by atoms with Crippen LogP contribution in [0.25, 0.3) is 0 Å². The van der Waals surface area contributed by atoms with E-state index in [2.05, 4.69) is 10.6 Å². The van der Waals surface area contributed by atoms with Gasteiger partial charge < -0.3 is 20.8 Å². The molecule has 120 valence electrons. The van der Waals surface area contributed by atoms with Crippen LogP contribution in [0.4, 0.5) is 0 Å². The van der Waals surface area contributed by atoms with Gasteiger partial charge in [-0.05, 0) is 67.4 Å². The van der Waals surface area contributed by atoms with Gasteiger partial charge in [0.1, 0.15) is 5.75 Å². The van der Waals surface area contributed by atoms with E-state index < -0.39 is 0 Å². The number of benzene rings is 1. The number of phenolic OH excluding ortho intramolecular Hbond substituents is 1. The van der Waals surface area contributed by atoms with E-state index in [1.165, 1.54) is 25.7 Å². The van der Waals surface area contributed by atoms with Crippen molar-refractivity contribution in [2.24, 2.45) is 11.8 Å². The van der Waals surface area contributed by atoms with Crippen molar-refractivity contribution in [2.45, 2.75) is 44.2 Å². The maximum Gasteiger partial charge on any atom is 0.166 e. The zero-order valence-electron chi connectivity index (χ0n) is 12.7. The van der Waals surface area contributed by atoms with Crippen LogP contribution in [0, 0.1) is 11.8 Å². The number of hydrogen-bond donors (Lipinski definition) is 4. The fourth-order valence-electron chi connectivity index (χ4n) is 3.89. The summed E-state index contributed by atoms with van der Waals surface area (Å²) in [5, 5.41) is 26.2. The summed E-state index contributed by atoms with van der Waals surface area (Å²) in [5.74, 6) is 1.91. The Kier molecular flexibility index (Phi) is 4.84. The quantitative estimate of drug-likeness (QED) is 0.625. The molecule has 1 aromatic rings.